The third kappa shape index (κ3) is 4.29. The van der Waals surface area contributed by atoms with Crippen LogP contribution < -0.4 is 5.32 Å². The fourth-order valence-corrected chi connectivity index (χ4v) is 2.78. The standard InChI is InChI=1S/C16H18N2O4S/c1-4-21-14(19)11(15(20)22-5-2)9-17-16-18-12-7-6-10(3)8-13(12)23-16/h6-9H,4-5H2,1-3H3,(H,17,18). The molecule has 122 valence electrons. The molecule has 6 nitrogen and oxygen atoms in total. The summed E-state index contributed by atoms with van der Waals surface area (Å²) < 4.78 is 10.8. The predicted molar refractivity (Wildman–Crippen MR) is 89.3 cm³/mol. The van der Waals surface area contributed by atoms with E-state index < -0.39 is 11.9 Å². The van der Waals surface area contributed by atoms with Crippen molar-refractivity contribution in [2.24, 2.45) is 0 Å². The number of nitrogens with zero attached hydrogens (tertiary/aromatic N) is 1. The van der Waals surface area contributed by atoms with Gasteiger partial charge >= 0.3 is 11.9 Å². The second-order valence-electron chi connectivity index (χ2n) is 4.63. The van der Waals surface area contributed by atoms with Crippen LogP contribution in [0.1, 0.15) is 19.4 Å². The molecule has 2 aromatic rings. The summed E-state index contributed by atoms with van der Waals surface area (Å²) in [4.78, 5) is 28.1. The SMILES string of the molecule is CCOC(=O)C(=CNc1nc2ccc(C)cc2s1)C(=O)OCC. The Balaban J connectivity index is 2.23. The number of nitrogens with one attached hydrogen (secondary N) is 1. The summed E-state index contributed by atoms with van der Waals surface area (Å²) in [7, 11) is 0. The fraction of sp³-hybridized carbons (Fsp3) is 0.312. The highest BCUT2D eigenvalue weighted by atomic mass is 32.1. The highest BCUT2D eigenvalue weighted by Gasteiger charge is 2.21. The molecular weight excluding hydrogens is 316 g/mol. The van der Waals surface area contributed by atoms with E-state index in [4.69, 9.17) is 9.47 Å². The Hall–Kier alpha value is -2.41. The third-order valence-electron chi connectivity index (χ3n) is 2.87. The van der Waals surface area contributed by atoms with Crippen molar-refractivity contribution < 1.29 is 19.1 Å². The number of benzene rings is 1. The summed E-state index contributed by atoms with van der Waals surface area (Å²) >= 11 is 1.43. The van der Waals surface area contributed by atoms with Gasteiger partial charge in [0.25, 0.3) is 0 Å². The van der Waals surface area contributed by atoms with Gasteiger partial charge in [0.2, 0.25) is 0 Å². The van der Waals surface area contributed by atoms with Crippen molar-refractivity contribution in [1.82, 2.24) is 4.98 Å². The number of ether oxygens (including phenoxy) is 2. The average Bonchev–Trinajstić information content (AvgIpc) is 2.89. The number of anilines is 1. The van der Waals surface area contributed by atoms with Crippen LogP contribution in [0.4, 0.5) is 5.13 Å². The van der Waals surface area contributed by atoms with Crippen LogP contribution >= 0.6 is 11.3 Å². The first-order chi connectivity index (χ1) is 11.0. The van der Waals surface area contributed by atoms with Gasteiger partial charge in [0, 0.05) is 6.20 Å². The van der Waals surface area contributed by atoms with E-state index in [0.717, 1.165) is 15.8 Å². The molecule has 23 heavy (non-hydrogen) atoms. The Morgan fingerprint density at radius 2 is 1.87 bits per heavy atom. The molecule has 0 saturated heterocycles. The predicted octanol–water partition coefficient (Wildman–Crippen LogP) is 3.03. The molecule has 0 aliphatic carbocycles. The minimum absolute atomic E-state index is 0.177. The maximum Gasteiger partial charge on any atom is 0.347 e. The lowest BCUT2D eigenvalue weighted by molar-refractivity contribution is -0.146. The number of rotatable bonds is 6. The van der Waals surface area contributed by atoms with Gasteiger partial charge in [-0.2, -0.15) is 0 Å². The van der Waals surface area contributed by atoms with Gasteiger partial charge in [-0.3, -0.25) is 0 Å². The van der Waals surface area contributed by atoms with Gasteiger partial charge in [-0.1, -0.05) is 17.4 Å². The number of hydrogen-bond donors (Lipinski definition) is 1. The maximum atomic E-state index is 11.8. The van der Waals surface area contributed by atoms with Crippen LogP contribution in [0.5, 0.6) is 0 Å². The molecule has 0 bridgehead atoms. The molecule has 0 radical (unpaired) electrons. The van der Waals surface area contributed by atoms with E-state index in [1.165, 1.54) is 17.5 Å². The number of aryl methyl sites for hydroxylation is 1. The summed E-state index contributed by atoms with van der Waals surface area (Å²) in [5.41, 5.74) is 1.80. The summed E-state index contributed by atoms with van der Waals surface area (Å²) in [6.07, 6.45) is 1.28. The summed E-state index contributed by atoms with van der Waals surface area (Å²) in [6, 6.07) is 5.93. The number of carbonyl (C=O) groups excluding carboxylic acids is 2. The molecule has 7 heteroatoms. The van der Waals surface area contributed by atoms with Crippen LogP contribution in [-0.4, -0.2) is 30.1 Å². The van der Waals surface area contributed by atoms with Crippen LogP contribution in [0, 0.1) is 6.92 Å². The van der Waals surface area contributed by atoms with Gasteiger partial charge < -0.3 is 14.8 Å². The molecule has 0 aliphatic rings. The molecule has 0 atom stereocenters. The lowest BCUT2D eigenvalue weighted by atomic mass is 10.2. The van der Waals surface area contributed by atoms with Gasteiger partial charge in [0.1, 0.15) is 0 Å². The molecular formula is C16H18N2O4S. The number of esters is 2. The van der Waals surface area contributed by atoms with E-state index in [2.05, 4.69) is 10.3 Å². The Kier molecular flexibility index (Phi) is 5.70. The Bertz CT molecular complexity index is 732. The summed E-state index contributed by atoms with van der Waals surface area (Å²) in [5, 5.41) is 3.46. The van der Waals surface area contributed by atoms with Crippen LogP contribution in [-0.2, 0) is 19.1 Å². The van der Waals surface area contributed by atoms with Crippen molar-refractivity contribution >= 4 is 38.6 Å². The van der Waals surface area contributed by atoms with Gasteiger partial charge in [-0.15, -0.1) is 0 Å². The van der Waals surface area contributed by atoms with E-state index in [9.17, 15) is 9.59 Å². The zero-order valence-corrected chi connectivity index (χ0v) is 14.0. The number of carbonyl (C=O) groups is 2. The van der Waals surface area contributed by atoms with Gasteiger partial charge in [-0.05, 0) is 38.5 Å². The lowest BCUT2D eigenvalue weighted by Gasteiger charge is -2.06. The van der Waals surface area contributed by atoms with Crippen molar-refractivity contribution in [1.29, 1.82) is 0 Å². The van der Waals surface area contributed by atoms with Crippen LogP contribution in [0.25, 0.3) is 10.2 Å². The first-order valence-electron chi connectivity index (χ1n) is 7.23. The fourth-order valence-electron chi connectivity index (χ4n) is 1.85. The normalized spacial score (nSPS) is 10.2. The van der Waals surface area contributed by atoms with E-state index in [-0.39, 0.29) is 18.8 Å². The quantitative estimate of drug-likeness (QED) is 0.379. The van der Waals surface area contributed by atoms with E-state index in [0.29, 0.717) is 5.13 Å². The molecule has 2 rings (SSSR count). The van der Waals surface area contributed by atoms with Crippen molar-refractivity contribution in [3.63, 3.8) is 0 Å². The van der Waals surface area contributed by atoms with Crippen molar-refractivity contribution in [3.05, 3.63) is 35.5 Å². The molecule has 0 spiro atoms. The summed E-state index contributed by atoms with van der Waals surface area (Å²) in [5.74, 6) is -1.45. The van der Waals surface area contributed by atoms with Crippen molar-refractivity contribution in [3.8, 4) is 0 Å². The van der Waals surface area contributed by atoms with E-state index in [1.807, 2.05) is 25.1 Å². The first kappa shape index (κ1) is 17.0. The first-order valence-corrected chi connectivity index (χ1v) is 8.05. The van der Waals surface area contributed by atoms with Crippen LogP contribution in [0.15, 0.2) is 30.0 Å². The van der Waals surface area contributed by atoms with Gasteiger partial charge in [0.05, 0.1) is 23.4 Å². The largest absolute Gasteiger partial charge is 0.462 e. The molecule has 0 aliphatic heterocycles. The van der Waals surface area contributed by atoms with Crippen molar-refractivity contribution in [2.45, 2.75) is 20.8 Å². The second-order valence-corrected chi connectivity index (χ2v) is 5.66. The van der Waals surface area contributed by atoms with Gasteiger partial charge in [0.15, 0.2) is 10.7 Å². The Labute approximate surface area is 138 Å². The second kappa shape index (κ2) is 7.73. The summed E-state index contributed by atoms with van der Waals surface area (Å²) in [6.45, 7) is 5.70. The minimum Gasteiger partial charge on any atom is -0.462 e. The Morgan fingerprint density at radius 1 is 1.22 bits per heavy atom. The Morgan fingerprint density at radius 3 is 2.48 bits per heavy atom. The molecule has 0 saturated carbocycles. The lowest BCUT2D eigenvalue weighted by Crippen LogP contribution is -2.19. The van der Waals surface area contributed by atoms with Crippen LogP contribution in [0.3, 0.4) is 0 Å². The highest BCUT2D eigenvalue weighted by molar-refractivity contribution is 7.22. The van der Waals surface area contributed by atoms with Crippen molar-refractivity contribution in [2.75, 3.05) is 18.5 Å². The molecule has 1 aromatic carbocycles. The van der Waals surface area contributed by atoms with Crippen LogP contribution in [0.2, 0.25) is 0 Å². The number of aromatic nitrogens is 1. The number of thiazole rings is 1. The van der Waals surface area contributed by atoms with E-state index >= 15 is 0 Å². The zero-order chi connectivity index (χ0) is 16.8. The molecule has 0 amide bonds. The monoisotopic (exact) mass is 334 g/mol. The number of hydrogen-bond acceptors (Lipinski definition) is 7. The smallest absolute Gasteiger partial charge is 0.347 e. The molecule has 1 heterocycles. The zero-order valence-electron chi connectivity index (χ0n) is 13.2. The molecule has 1 aromatic heterocycles. The maximum absolute atomic E-state index is 11.8. The topological polar surface area (TPSA) is 77.5 Å². The number of fused-ring (bicyclic) bond motifs is 1. The molecule has 1 N–H and O–H groups in total. The van der Waals surface area contributed by atoms with Gasteiger partial charge in [-0.25, -0.2) is 14.6 Å². The molecule has 0 fully saturated rings. The third-order valence-corrected chi connectivity index (χ3v) is 3.82. The van der Waals surface area contributed by atoms with E-state index in [1.54, 1.807) is 13.8 Å². The molecule has 0 unspecified atom stereocenters. The average molecular weight is 334 g/mol. The minimum atomic E-state index is -0.726. The highest BCUT2D eigenvalue weighted by Crippen LogP contribution is 2.26.